The summed E-state index contributed by atoms with van der Waals surface area (Å²) in [5, 5.41) is 7.29. The number of nitrogens with zero attached hydrogens (tertiary/aromatic N) is 1. The highest BCUT2D eigenvalue weighted by Gasteiger charge is 2.61. The van der Waals surface area contributed by atoms with Gasteiger partial charge in [0.2, 0.25) is 0 Å². The molecule has 2 rings (SSSR count). The lowest BCUT2D eigenvalue weighted by atomic mass is 10.1. The summed E-state index contributed by atoms with van der Waals surface area (Å²) in [6, 6.07) is 6.19. The molecule has 0 saturated heterocycles. The number of aliphatic hydroxyl groups is 1. The Bertz CT molecular complexity index is 765. The second-order valence-electron chi connectivity index (χ2n) is 5.59. The Kier molecular flexibility index (Phi) is 5.90. The lowest BCUT2D eigenvalue weighted by Crippen LogP contribution is -2.34. The maximum absolute atomic E-state index is 12.3. The van der Waals surface area contributed by atoms with Crippen LogP contribution in [0.1, 0.15) is 33.6 Å². The topological polar surface area (TPSA) is 151 Å². The Balaban J connectivity index is 2.17. The van der Waals surface area contributed by atoms with Crippen molar-refractivity contribution < 1.29 is 42.7 Å². The highest BCUT2D eigenvalue weighted by molar-refractivity contribution is 7.72. The fourth-order valence-electron chi connectivity index (χ4n) is 2.65. The summed E-state index contributed by atoms with van der Waals surface area (Å²) in [5.41, 5.74) is 0.449. The summed E-state index contributed by atoms with van der Waals surface area (Å²) < 4.78 is 32.8. The summed E-state index contributed by atoms with van der Waals surface area (Å²) in [7, 11) is -8.32. The van der Waals surface area contributed by atoms with E-state index in [-0.39, 0.29) is 24.1 Å². The number of amides is 2. The first-order valence-electron chi connectivity index (χ1n) is 7.47. The van der Waals surface area contributed by atoms with Crippen LogP contribution in [0.5, 0.6) is 0 Å². The number of benzene rings is 1. The van der Waals surface area contributed by atoms with Crippen molar-refractivity contribution in [1.29, 1.82) is 0 Å². The van der Waals surface area contributed by atoms with E-state index < -0.39 is 38.5 Å². The molecule has 2 atom stereocenters. The molecule has 1 aromatic carbocycles. The highest BCUT2D eigenvalue weighted by Crippen LogP contribution is 2.73. The van der Waals surface area contributed by atoms with E-state index in [2.05, 4.69) is 9.05 Å². The number of imide groups is 1. The van der Waals surface area contributed by atoms with Crippen molar-refractivity contribution >= 4 is 27.0 Å². The Morgan fingerprint density at radius 1 is 1.00 bits per heavy atom. The van der Waals surface area contributed by atoms with E-state index in [0.29, 0.717) is 0 Å². The zero-order chi connectivity index (χ0) is 19.8. The lowest BCUT2D eigenvalue weighted by molar-refractivity contribution is 0.0636. The van der Waals surface area contributed by atoms with Crippen LogP contribution in [0.25, 0.3) is 0 Å². The first kappa shape index (κ1) is 20.9. The minimum atomic E-state index is -4.95. The minimum Gasteiger partial charge on any atom is -0.368 e. The van der Waals surface area contributed by atoms with Crippen molar-refractivity contribution in [1.82, 2.24) is 4.90 Å². The third-order valence-corrected chi connectivity index (χ3v) is 8.94. The van der Waals surface area contributed by atoms with Gasteiger partial charge in [-0.3, -0.25) is 23.6 Å². The van der Waals surface area contributed by atoms with Crippen LogP contribution in [0.4, 0.5) is 0 Å². The van der Waals surface area contributed by atoms with Crippen molar-refractivity contribution in [2.24, 2.45) is 0 Å². The van der Waals surface area contributed by atoms with Crippen LogP contribution in [0, 0.1) is 0 Å². The minimum absolute atomic E-state index is 0.224. The van der Waals surface area contributed by atoms with Crippen LogP contribution < -0.4 is 0 Å². The standard InChI is InChI=1S/C14H19NO9P2/c1-23-25(19,20)14(18,26(21,22)24-2)8-5-9-15-12(16)10-6-3-4-7-11(10)13(15)17/h3-4,6-7,18H,5,8-9H2,1-2H3,(H,19,20)(H,21,22). The van der Waals surface area contributed by atoms with Crippen molar-refractivity contribution in [2.45, 2.75) is 17.9 Å². The molecule has 1 heterocycles. The van der Waals surface area contributed by atoms with E-state index in [0.717, 1.165) is 19.1 Å². The van der Waals surface area contributed by atoms with E-state index in [1.165, 1.54) is 12.1 Å². The molecule has 1 aromatic rings. The van der Waals surface area contributed by atoms with Crippen LogP contribution in [-0.2, 0) is 18.2 Å². The fraction of sp³-hybridized carbons (Fsp3) is 0.429. The summed E-state index contributed by atoms with van der Waals surface area (Å²) in [5.74, 6) is -1.10. The molecule has 2 amide bonds. The molecule has 10 nitrogen and oxygen atoms in total. The summed E-state index contributed by atoms with van der Waals surface area (Å²) in [4.78, 5) is 44.9. The van der Waals surface area contributed by atoms with Gasteiger partial charge in [0, 0.05) is 27.2 Å². The van der Waals surface area contributed by atoms with Crippen LogP contribution in [0.3, 0.4) is 0 Å². The Morgan fingerprint density at radius 2 is 1.42 bits per heavy atom. The molecule has 1 aliphatic heterocycles. The lowest BCUT2D eigenvalue weighted by Gasteiger charge is -2.33. The maximum Gasteiger partial charge on any atom is 0.371 e. The predicted octanol–water partition coefficient (Wildman–Crippen LogP) is 1.37. The number of carbonyl (C=O) groups is 2. The van der Waals surface area contributed by atoms with Gasteiger partial charge in [-0.2, -0.15) is 0 Å². The molecule has 1 aliphatic rings. The Labute approximate surface area is 149 Å². The second kappa shape index (κ2) is 7.32. The highest BCUT2D eigenvalue weighted by atomic mass is 31.2. The Morgan fingerprint density at radius 3 is 1.81 bits per heavy atom. The quantitative estimate of drug-likeness (QED) is 0.429. The second-order valence-corrected chi connectivity index (χ2v) is 10.2. The molecule has 0 radical (unpaired) electrons. The first-order valence-corrected chi connectivity index (χ1v) is 10.6. The number of carbonyl (C=O) groups excluding carboxylic acids is 2. The van der Waals surface area contributed by atoms with Crippen LogP contribution in [0.15, 0.2) is 24.3 Å². The van der Waals surface area contributed by atoms with Gasteiger partial charge in [0.15, 0.2) is 0 Å². The van der Waals surface area contributed by atoms with Gasteiger partial charge in [-0.05, 0) is 18.6 Å². The number of rotatable bonds is 8. The van der Waals surface area contributed by atoms with E-state index in [1.807, 2.05) is 0 Å². The largest absolute Gasteiger partial charge is 0.371 e. The summed E-state index contributed by atoms with van der Waals surface area (Å²) in [6.45, 7) is -0.234. The number of fused-ring (bicyclic) bond motifs is 1. The van der Waals surface area contributed by atoms with Gasteiger partial charge in [0.25, 0.3) is 16.9 Å². The molecular formula is C14H19NO9P2. The maximum atomic E-state index is 12.3. The van der Waals surface area contributed by atoms with E-state index >= 15 is 0 Å². The third-order valence-electron chi connectivity index (χ3n) is 4.17. The van der Waals surface area contributed by atoms with Crippen LogP contribution in [-0.4, -0.2) is 57.5 Å². The molecule has 144 valence electrons. The SMILES string of the molecule is COP(=O)(O)C(O)(CCCN1C(=O)c2ccccc2C1=O)P(=O)(O)OC. The average molecular weight is 407 g/mol. The van der Waals surface area contributed by atoms with Crippen LogP contribution in [0.2, 0.25) is 0 Å². The van der Waals surface area contributed by atoms with Crippen molar-refractivity contribution in [3.8, 4) is 0 Å². The molecule has 0 spiro atoms. The van der Waals surface area contributed by atoms with E-state index in [9.17, 15) is 33.6 Å². The zero-order valence-corrected chi connectivity index (χ0v) is 15.9. The molecule has 0 fully saturated rings. The van der Waals surface area contributed by atoms with E-state index in [4.69, 9.17) is 0 Å². The van der Waals surface area contributed by atoms with Gasteiger partial charge in [0.1, 0.15) is 0 Å². The average Bonchev–Trinajstić information content (AvgIpc) is 2.86. The van der Waals surface area contributed by atoms with Crippen molar-refractivity contribution in [3.05, 3.63) is 35.4 Å². The molecule has 0 saturated carbocycles. The van der Waals surface area contributed by atoms with Gasteiger partial charge in [-0.15, -0.1) is 0 Å². The number of hydrogen-bond acceptors (Lipinski definition) is 7. The van der Waals surface area contributed by atoms with Crippen LogP contribution >= 0.6 is 15.2 Å². The van der Waals surface area contributed by atoms with Gasteiger partial charge >= 0.3 is 15.2 Å². The van der Waals surface area contributed by atoms with Gasteiger partial charge in [-0.25, -0.2) is 0 Å². The first-order chi connectivity index (χ1) is 12.0. The molecule has 0 aromatic heterocycles. The summed E-state index contributed by atoms with van der Waals surface area (Å²) >= 11 is 0. The monoisotopic (exact) mass is 407 g/mol. The molecule has 26 heavy (non-hydrogen) atoms. The molecule has 0 aliphatic carbocycles. The molecule has 2 unspecified atom stereocenters. The molecular weight excluding hydrogens is 388 g/mol. The van der Waals surface area contributed by atoms with Gasteiger partial charge in [-0.1, -0.05) is 12.1 Å². The zero-order valence-electron chi connectivity index (χ0n) is 14.1. The smallest absolute Gasteiger partial charge is 0.368 e. The van der Waals surface area contributed by atoms with Gasteiger partial charge < -0.3 is 23.9 Å². The summed E-state index contributed by atoms with van der Waals surface area (Å²) in [6.07, 6.45) is -0.951. The third kappa shape index (κ3) is 3.30. The van der Waals surface area contributed by atoms with E-state index in [1.54, 1.807) is 12.1 Å². The predicted molar refractivity (Wildman–Crippen MR) is 89.7 cm³/mol. The van der Waals surface area contributed by atoms with Crippen molar-refractivity contribution in [3.63, 3.8) is 0 Å². The normalized spacial score (nSPS) is 21.0. The van der Waals surface area contributed by atoms with Crippen molar-refractivity contribution in [2.75, 3.05) is 20.8 Å². The molecule has 3 N–H and O–H groups in total. The Hall–Kier alpha value is -1.38. The molecule has 12 heteroatoms. The number of hydrogen-bond donors (Lipinski definition) is 3. The van der Waals surface area contributed by atoms with Gasteiger partial charge in [0.05, 0.1) is 11.1 Å². The fourth-order valence-corrected chi connectivity index (χ4v) is 5.88. The molecule has 0 bridgehead atoms.